The van der Waals surface area contributed by atoms with Gasteiger partial charge in [0.05, 0.1) is 5.69 Å². The van der Waals surface area contributed by atoms with Crippen LogP contribution in [0.25, 0.3) is 0 Å². The molecule has 0 aliphatic heterocycles. The van der Waals surface area contributed by atoms with Crippen molar-refractivity contribution in [2.75, 3.05) is 5.43 Å². The van der Waals surface area contributed by atoms with Crippen LogP contribution >= 0.6 is 11.8 Å². The number of rotatable bonds is 5. The average Bonchev–Trinajstić information content (AvgIpc) is 2.56. The molecule has 6 heteroatoms. The van der Waals surface area contributed by atoms with E-state index in [4.69, 9.17) is 10.5 Å². The maximum Gasteiger partial charge on any atom is 0.237 e. The number of hydrogen-bond donors (Lipinski definition) is 1. The number of halogens is 1. The Morgan fingerprint density at radius 2 is 1.77 bits per heavy atom. The summed E-state index contributed by atoms with van der Waals surface area (Å²) in [5.74, 6) is 0.414. The fourth-order valence-corrected chi connectivity index (χ4v) is 2.58. The minimum absolute atomic E-state index is 0.238. The summed E-state index contributed by atoms with van der Waals surface area (Å²) in [4.78, 5) is 0.922. The summed E-state index contributed by atoms with van der Waals surface area (Å²) in [6, 6.07) is 17.1. The predicted molar refractivity (Wildman–Crippen MR) is 84.7 cm³/mol. The van der Waals surface area contributed by atoms with E-state index < -0.39 is 0 Å². The summed E-state index contributed by atoms with van der Waals surface area (Å²) < 4.78 is 12.9. The molecule has 0 atom stereocenters. The Bertz CT molecular complexity index is 741. The van der Waals surface area contributed by atoms with Crippen molar-refractivity contribution < 1.29 is 4.39 Å². The normalized spacial score (nSPS) is 9.41. The zero-order chi connectivity index (χ0) is 15.8. The van der Waals surface area contributed by atoms with Crippen molar-refractivity contribution in [1.82, 2.24) is 0 Å². The lowest BCUT2D eigenvalue weighted by Crippen LogP contribution is -1.97. The second-order valence-corrected chi connectivity index (χ2v) is 5.22. The molecule has 0 spiro atoms. The first-order valence-corrected chi connectivity index (χ1v) is 7.31. The lowest BCUT2D eigenvalue weighted by Gasteiger charge is -2.08. The van der Waals surface area contributed by atoms with Gasteiger partial charge in [0.25, 0.3) is 0 Å². The van der Waals surface area contributed by atoms with Gasteiger partial charge in [-0.05, 0) is 29.8 Å². The monoisotopic (exact) mass is 310 g/mol. The molecule has 0 heterocycles. The minimum Gasteiger partial charge on any atom is -0.275 e. The van der Waals surface area contributed by atoms with Gasteiger partial charge >= 0.3 is 0 Å². The molecule has 22 heavy (non-hydrogen) atoms. The third kappa shape index (κ3) is 4.34. The highest BCUT2D eigenvalue weighted by molar-refractivity contribution is 7.98. The molecule has 0 bridgehead atoms. The standard InChI is InChI=1S/C16H11FN4S/c17-13-7-5-12(6-8-13)11-22-16-4-2-1-3-15(16)21-20-14(9-18)10-19/h1-8,21H,11H2. The lowest BCUT2D eigenvalue weighted by molar-refractivity contribution is 0.627. The van der Waals surface area contributed by atoms with Gasteiger partial charge in [-0.15, -0.1) is 11.8 Å². The van der Waals surface area contributed by atoms with Gasteiger partial charge in [0.2, 0.25) is 5.71 Å². The maximum absolute atomic E-state index is 12.9. The molecular formula is C16H11FN4S. The van der Waals surface area contributed by atoms with Crippen molar-refractivity contribution >= 4 is 23.2 Å². The van der Waals surface area contributed by atoms with E-state index in [0.717, 1.165) is 10.5 Å². The summed E-state index contributed by atoms with van der Waals surface area (Å²) in [5.41, 5.74) is 4.19. The number of thioether (sulfide) groups is 1. The number of benzene rings is 2. The molecule has 0 saturated carbocycles. The molecule has 4 nitrogen and oxygen atoms in total. The van der Waals surface area contributed by atoms with Crippen LogP contribution in [0.2, 0.25) is 0 Å². The smallest absolute Gasteiger partial charge is 0.237 e. The Morgan fingerprint density at radius 3 is 2.45 bits per heavy atom. The highest BCUT2D eigenvalue weighted by Crippen LogP contribution is 2.29. The van der Waals surface area contributed by atoms with E-state index in [1.54, 1.807) is 36.0 Å². The van der Waals surface area contributed by atoms with E-state index >= 15 is 0 Å². The van der Waals surface area contributed by atoms with E-state index in [-0.39, 0.29) is 11.5 Å². The maximum atomic E-state index is 12.9. The van der Waals surface area contributed by atoms with Gasteiger partial charge in [0.1, 0.15) is 18.0 Å². The summed E-state index contributed by atoms with van der Waals surface area (Å²) in [7, 11) is 0. The Labute approximate surface area is 131 Å². The SMILES string of the molecule is N#CC(C#N)=NNc1ccccc1SCc1ccc(F)cc1. The Kier molecular flexibility index (Phi) is 5.53. The molecule has 0 saturated heterocycles. The summed E-state index contributed by atoms with van der Waals surface area (Å²) in [5, 5.41) is 21.1. The van der Waals surface area contributed by atoms with Crippen molar-refractivity contribution in [1.29, 1.82) is 10.5 Å². The van der Waals surface area contributed by atoms with Gasteiger partial charge in [-0.3, -0.25) is 5.43 Å². The number of hydrazone groups is 1. The zero-order valence-electron chi connectivity index (χ0n) is 11.5. The van der Waals surface area contributed by atoms with Crippen LogP contribution < -0.4 is 5.43 Å². The fourth-order valence-electron chi connectivity index (χ4n) is 1.62. The molecule has 2 rings (SSSR count). The van der Waals surface area contributed by atoms with Crippen molar-refractivity contribution in [3.05, 3.63) is 59.9 Å². The van der Waals surface area contributed by atoms with Gasteiger partial charge in [0.15, 0.2) is 0 Å². The van der Waals surface area contributed by atoms with Crippen molar-refractivity contribution in [3.8, 4) is 12.1 Å². The van der Waals surface area contributed by atoms with Crippen molar-refractivity contribution in [2.45, 2.75) is 10.6 Å². The number of nitrogens with one attached hydrogen (secondary N) is 1. The third-order valence-corrected chi connectivity index (χ3v) is 3.84. The highest BCUT2D eigenvalue weighted by Gasteiger charge is 2.03. The molecule has 0 aromatic heterocycles. The van der Waals surface area contributed by atoms with E-state index in [9.17, 15) is 4.39 Å². The van der Waals surface area contributed by atoms with E-state index in [1.807, 2.05) is 24.3 Å². The minimum atomic E-state index is -0.259. The molecule has 2 aromatic rings. The summed E-state index contributed by atoms with van der Waals surface area (Å²) in [6.07, 6.45) is 0. The van der Waals surface area contributed by atoms with E-state index in [1.165, 1.54) is 12.1 Å². The van der Waals surface area contributed by atoms with Gasteiger partial charge < -0.3 is 0 Å². The molecule has 1 N–H and O–H groups in total. The van der Waals surface area contributed by atoms with Gasteiger partial charge in [0, 0.05) is 10.6 Å². The van der Waals surface area contributed by atoms with Crippen LogP contribution in [-0.4, -0.2) is 5.71 Å². The Hall–Kier alpha value is -2.83. The fraction of sp³-hybridized carbons (Fsp3) is 0.0625. The molecule has 0 amide bonds. The van der Waals surface area contributed by atoms with Crippen LogP contribution in [0.1, 0.15) is 5.56 Å². The largest absolute Gasteiger partial charge is 0.275 e. The van der Waals surface area contributed by atoms with Crippen LogP contribution in [0.15, 0.2) is 58.5 Å². The number of para-hydroxylation sites is 1. The molecule has 0 aliphatic carbocycles. The predicted octanol–water partition coefficient (Wildman–Crippen LogP) is 3.93. The topological polar surface area (TPSA) is 72.0 Å². The highest BCUT2D eigenvalue weighted by atomic mass is 32.2. The number of nitriles is 2. The lowest BCUT2D eigenvalue weighted by atomic mass is 10.2. The quantitative estimate of drug-likeness (QED) is 0.516. The summed E-state index contributed by atoms with van der Waals surface area (Å²) >= 11 is 1.55. The van der Waals surface area contributed by atoms with Gasteiger partial charge in [-0.2, -0.15) is 15.6 Å². The molecule has 0 fully saturated rings. The van der Waals surface area contributed by atoms with Gasteiger partial charge in [-0.1, -0.05) is 24.3 Å². The molecule has 0 unspecified atom stereocenters. The van der Waals surface area contributed by atoms with Crippen LogP contribution in [0.3, 0.4) is 0 Å². The number of anilines is 1. The molecule has 0 radical (unpaired) electrons. The Balaban J connectivity index is 2.08. The third-order valence-electron chi connectivity index (χ3n) is 2.69. The van der Waals surface area contributed by atoms with Crippen LogP contribution in [-0.2, 0) is 5.75 Å². The summed E-state index contributed by atoms with van der Waals surface area (Å²) in [6.45, 7) is 0. The molecular weight excluding hydrogens is 299 g/mol. The second-order valence-electron chi connectivity index (χ2n) is 4.21. The number of hydrogen-bond acceptors (Lipinski definition) is 5. The van der Waals surface area contributed by atoms with Crippen LogP contribution in [0, 0.1) is 28.5 Å². The van der Waals surface area contributed by atoms with Crippen molar-refractivity contribution in [2.24, 2.45) is 5.10 Å². The zero-order valence-corrected chi connectivity index (χ0v) is 12.3. The molecule has 2 aromatic carbocycles. The van der Waals surface area contributed by atoms with Crippen molar-refractivity contribution in [3.63, 3.8) is 0 Å². The number of nitrogens with zero attached hydrogens (tertiary/aromatic N) is 3. The van der Waals surface area contributed by atoms with E-state index in [2.05, 4.69) is 10.5 Å². The molecule has 0 aliphatic rings. The first-order chi connectivity index (χ1) is 10.7. The van der Waals surface area contributed by atoms with Gasteiger partial charge in [-0.25, -0.2) is 4.39 Å². The molecule has 108 valence electrons. The van der Waals surface area contributed by atoms with E-state index in [0.29, 0.717) is 11.4 Å². The van der Waals surface area contributed by atoms with Crippen LogP contribution in [0.5, 0.6) is 0 Å². The first kappa shape index (κ1) is 15.6. The Morgan fingerprint density at radius 1 is 1.09 bits per heavy atom. The first-order valence-electron chi connectivity index (χ1n) is 6.33. The average molecular weight is 310 g/mol. The second kappa shape index (κ2) is 7.82. The van der Waals surface area contributed by atoms with Crippen LogP contribution in [0.4, 0.5) is 10.1 Å².